The molecule has 0 aliphatic carbocycles. The summed E-state index contributed by atoms with van der Waals surface area (Å²) in [6.07, 6.45) is 10.4. The summed E-state index contributed by atoms with van der Waals surface area (Å²) in [5.74, 6) is 0.400. The zero-order chi connectivity index (χ0) is 18.8. The molecule has 1 aromatic carbocycles. The topological polar surface area (TPSA) is 68.3 Å². The van der Waals surface area contributed by atoms with Gasteiger partial charge in [-0.1, -0.05) is 58.3 Å². The maximum absolute atomic E-state index is 11.5. The Morgan fingerprint density at radius 2 is 1.73 bits per heavy atom. The van der Waals surface area contributed by atoms with E-state index in [-0.39, 0.29) is 5.75 Å². The molecule has 1 fully saturated rings. The summed E-state index contributed by atoms with van der Waals surface area (Å²) < 4.78 is 16.0. The zero-order valence-corrected chi connectivity index (χ0v) is 16.0. The molecule has 1 aromatic rings. The molecule has 26 heavy (non-hydrogen) atoms. The molecule has 0 radical (unpaired) electrons. The van der Waals surface area contributed by atoms with E-state index in [4.69, 9.17) is 14.2 Å². The third-order valence-corrected chi connectivity index (χ3v) is 4.73. The van der Waals surface area contributed by atoms with Gasteiger partial charge in [0.1, 0.15) is 17.6 Å². The minimum absolute atomic E-state index is 0.134. The molecule has 0 amide bonds. The SMILES string of the molecule is CCCCCCCCCCCOc1ccc(O)cc1C1OC1C(=O)OC. The summed E-state index contributed by atoms with van der Waals surface area (Å²) in [6.45, 7) is 2.87. The van der Waals surface area contributed by atoms with Crippen molar-refractivity contribution in [3.63, 3.8) is 0 Å². The highest BCUT2D eigenvalue weighted by Crippen LogP contribution is 2.44. The molecular weight excluding hydrogens is 332 g/mol. The fraction of sp³-hybridized carbons (Fsp3) is 0.667. The predicted molar refractivity (Wildman–Crippen MR) is 100 cm³/mol. The second-order valence-corrected chi connectivity index (χ2v) is 6.90. The summed E-state index contributed by atoms with van der Waals surface area (Å²) in [4.78, 5) is 11.5. The van der Waals surface area contributed by atoms with Crippen molar-refractivity contribution in [3.8, 4) is 11.5 Å². The number of phenols is 1. The van der Waals surface area contributed by atoms with E-state index in [1.54, 1.807) is 18.2 Å². The van der Waals surface area contributed by atoms with Gasteiger partial charge in [0.15, 0.2) is 6.10 Å². The fourth-order valence-electron chi connectivity index (χ4n) is 3.13. The molecule has 2 atom stereocenters. The maximum Gasteiger partial charge on any atom is 0.338 e. The number of methoxy groups -OCH3 is 1. The number of carbonyl (C=O) groups excluding carboxylic acids is 1. The van der Waals surface area contributed by atoms with Gasteiger partial charge in [0.2, 0.25) is 0 Å². The number of aromatic hydroxyl groups is 1. The molecule has 5 nitrogen and oxygen atoms in total. The van der Waals surface area contributed by atoms with E-state index in [9.17, 15) is 9.90 Å². The van der Waals surface area contributed by atoms with E-state index in [1.165, 1.54) is 52.1 Å². The average molecular weight is 364 g/mol. The van der Waals surface area contributed by atoms with Crippen molar-refractivity contribution in [2.45, 2.75) is 76.9 Å². The molecule has 1 aliphatic rings. The summed E-state index contributed by atoms with van der Waals surface area (Å²) in [6, 6.07) is 4.92. The summed E-state index contributed by atoms with van der Waals surface area (Å²) >= 11 is 0. The van der Waals surface area contributed by atoms with Gasteiger partial charge in [-0.2, -0.15) is 0 Å². The van der Waals surface area contributed by atoms with Crippen LogP contribution in [0.3, 0.4) is 0 Å². The summed E-state index contributed by atoms with van der Waals surface area (Å²) in [5, 5.41) is 9.71. The largest absolute Gasteiger partial charge is 0.508 e. The molecule has 0 aromatic heterocycles. The lowest BCUT2D eigenvalue weighted by Crippen LogP contribution is -2.09. The number of hydrogen-bond acceptors (Lipinski definition) is 5. The van der Waals surface area contributed by atoms with Gasteiger partial charge in [0.05, 0.1) is 13.7 Å². The maximum atomic E-state index is 11.5. The Balaban J connectivity index is 1.67. The number of phenolic OH excluding ortho intramolecular Hbond substituents is 1. The van der Waals surface area contributed by atoms with Gasteiger partial charge >= 0.3 is 5.97 Å². The Morgan fingerprint density at radius 1 is 1.08 bits per heavy atom. The number of hydrogen-bond donors (Lipinski definition) is 1. The minimum Gasteiger partial charge on any atom is -0.508 e. The highest BCUT2D eigenvalue weighted by Gasteiger charge is 2.48. The molecule has 1 N–H and O–H groups in total. The second-order valence-electron chi connectivity index (χ2n) is 6.90. The molecule has 0 saturated carbocycles. The van der Waals surface area contributed by atoms with Crippen LogP contribution < -0.4 is 4.74 Å². The number of esters is 1. The molecule has 1 heterocycles. The second kappa shape index (κ2) is 11.1. The summed E-state index contributed by atoms with van der Waals surface area (Å²) in [5.41, 5.74) is 0.705. The van der Waals surface area contributed by atoms with E-state index >= 15 is 0 Å². The zero-order valence-electron chi connectivity index (χ0n) is 16.0. The number of unbranched alkanes of at least 4 members (excludes halogenated alkanes) is 8. The van der Waals surface area contributed by atoms with E-state index in [1.807, 2.05) is 0 Å². The van der Waals surface area contributed by atoms with Crippen LogP contribution in [0.4, 0.5) is 0 Å². The van der Waals surface area contributed by atoms with Gasteiger partial charge in [-0.25, -0.2) is 4.79 Å². The molecule has 5 heteroatoms. The van der Waals surface area contributed by atoms with Gasteiger partial charge in [-0.05, 0) is 24.6 Å². The normalized spacial score (nSPS) is 18.5. The number of ether oxygens (including phenoxy) is 3. The third-order valence-electron chi connectivity index (χ3n) is 4.73. The molecule has 0 spiro atoms. The lowest BCUT2D eigenvalue weighted by molar-refractivity contribution is -0.142. The molecular formula is C21H32O5. The van der Waals surface area contributed by atoms with Crippen LogP contribution in [0.15, 0.2) is 18.2 Å². The van der Waals surface area contributed by atoms with Crippen LogP contribution in [0.5, 0.6) is 11.5 Å². The molecule has 2 unspecified atom stereocenters. The van der Waals surface area contributed by atoms with Gasteiger partial charge in [-0.3, -0.25) is 0 Å². The van der Waals surface area contributed by atoms with Gasteiger partial charge < -0.3 is 19.3 Å². The van der Waals surface area contributed by atoms with Crippen molar-refractivity contribution in [2.75, 3.05) is 13.7 Å². The summed E-state index contributed by atoms with van der Waals surface area (Å²) in [7, 11) is 1.34. The first-order valence-corrected chi connectivity index (χ1v) is 9.86. The minimum atomic E-state index is -0.600. The van der Waals surface area contributed by atoms with E-state index in [0.29, 0.717) is 17.9 Å². The van der Waals surface area contributed by atoms with Crippen molar-refractivity contribution in [3.05, 3.63) is 23.8 Å². The number of carbonyl (C=O) groups is 1. The van der Waals surface area contributed by atoms with E-state index < -0.39 is 18.2 Å². The first-order chi connectivity index (χ1) is 12.7. The van der Waals surface area contributed by atoms with Gasteiger partial charge in [0.25, 0.3) is 0 Å². The van der Waals surface area contributed by atoms with Crippen molar-refractivity contribution >= 4 is 5.97 Å². The Hall–Kier alpha value is -1.75. The van der Waals surface area contributed by atoms with Crippen molar-refractivity contribution in [1.29, 1.82) is 0 Å². The quantitative estimate of drug-likeness (QED) is 0.306. The van der Waals surface area contributed by atoms with Crippen molar-refractivity contribution in [1.82, 2.24) is 0 Å². The average Bonchev–Trinajstić information content (AvgIpc) is 3.44. The Labute approximate surface area is 156 Å². The van der Waals surface area contributed by atoms with Crippen LogP contribution in [0.2, 0.25) is 0 Å². The van der Waals surface area contributed by atoms with E-state index in [0.717, 1.165) is 12.8 Å². The lowest BCUT2D eigenvalue weighted by atomic mass is 10.1. The third kappa shape index (κ3) is 6.52. The first-order valence-electron chi connectivity index (χ1n) is 9.86. The van der Waals surface area contributed by atoms with Crippen LogP contribution in [0, 0.1) is 0 Å². The monoisotopic (exact) mass is 364 g/mol. The smallest absolute Gasteiger partial charge is 0.338 e. The van der Waals surface area contributed by atoms with Crippen molar-refractivity contribution in [2.24, 2.45) is 0 Å². The highest BCUT2D eigenvalue weighted by atomic mass is 16.6. The van der Waals surface area contributed by atoms with Crippen LogP contribution >= 0.6 is 0 Å². The van der Waals surface area contributed by atoms with Gasteiger partial charge in [0, 0.05) is 5.56 Å². The molecule has 2 rings (SSSR count). The molecule has 1 aliphatic heterocycles. The van der Waals surface area contributed by atoms with Crippen LogP contribution in [-0.2, 0) is 14.3 Å². The first kappa shape index (κ1) is 20.6. The van der Waals surface area contributed by atoms with Crippen LogP contribution in [-0.4, -0.2) is 30.9 Å². The van der Waals surface area contributed by atoms with Crippen LogP contribution in [0.1, 0.15) is 76.4 Å². The Bertz CT molecular complexity index is 557. The fourth-order valence-corrected chi connectivity index (χ4v) is 3.13. The van der Waals surface area contributed by atoms with Crippen molar-refractivity contribution < 1.29 is 24.1 Å². The Morgan fingerprint density at radius 3 is 2.38 bits per heavy atom. The number of benzene rings is 1. The standard InChI is InChI=1S/C21H32O5/c1-3-4-5-6-7-8-9-10-11-14-25-18-13-12-16(22)15-17(18)19-20(26-19)21(23)24-2/h12-13,15,19-20,22H,3-11,14H2,1-2H3. The van der Waals surface area contributed by atoms with E-state index in [2.05, 4.69) is 6.92 Å². The van der Waals surface area contributed by atoms with Gasteiger partial charge in [-0.15, -0.1) is 0 Å². The van der Waals surface area contributed by atoms with Crippen LogP contribution in [0.25, 0.3) is 0 Å². The number of rotatable bonds is 13. The molecule has 1 saturated heterocycles. The molecule has 0 bridgehead atoms. The molecule has 146 valence electrons. The predicted octanol–water partition coefficient (Wildman–Crippen LogP) is 4.91. The highest BCUT2D eigenvalue weighted by molar-refractivity contribution is 5.78. The Kier molecular flexibility index (Phi) is 8.75. The number of epoxide rings is 1. The lowest BCUT2D eigenvalue weighted by Gasteiger charge is -2.11.